The van der Waals surface area contributed by atoms with Crippen molar-refractivity contribution >= 4 is 32.8 Å². The zero-order chi connectivity index (χ0) is 22.9. The van der Waals surface area contributed by atoms with E-state index < -0.39 is 10.0 Å². The third-order valence-corrected chi connectivity index (χ3v) is 7.88. The first-order valence-corrected chi connectivity index (χ1v) is 12.3. The third-order valence-electron chi connectivity index (χ3n) is 6.20. The molecule has 1 aliphatic rings. The van der Waals surface area contributed by atoms with Crippen molar-refractivity contribution in [2.24, 2.45) is 5.92 Å². The summed E-state index contributed by atoms with van der Waals surface area (Å²) in [4.78, 5) is 23.1. The fourth-order valence-corrected chi connectivity index (χ4v) is 5.65. The molecule has 0 saturated heterocycles. The van der Waals surface area contributed by atoms with Gasteiger partial charge in [-0.05, 0) is 57.7 Å². The number of fused-ring (bicyclic) bond motifs is 1. The molecule has 0 radical (unpaired) electrons. The molecule has 0 bridgehead atoms. The Morgan fingerprint density at radius 1 is 1.12 bits per heavy atom. The van der Waals surface area contributed by atoms with Gasteiger partial charge in [0, 0.05) is 19.3 Å². The molecule has 1 aromatic carbocycles. The summed E-state index contributed by atoms with van der Waals surface area (Å²) in [6.45, 7) is 4.14. The second-order valence-corrected chi connectivity index (χ2v) is 10.0. The normalized spacial score (nSPS) is 19.1. The SMILES string of the molecule is CCOC(=O)C1CCC(N(C)c2ncnc3c2ccn3S(=O)(=O)c2ccc(C)cc2)CC1. The van der Waals surface area contributed by atoms with Crippen LogP contribution in [0.2, 0.25) is 0 Å². The first-order chi connectivity index (χ1) is 15.3. The van der Waals surface area contributed by atoms with E-state index >= 15 is 0 Å². The predicted octanol–water partition coefficient (Wildman–Crippen LogP) is 3.53. The van der Waals surface area contributed by atoms with Crippen LogP contribution in [0.3, 0.4) is 0 Å². The number of ether oxygens (including phenoxy) is 1. The van der Waals surface area contributed by atoms with Crippen molar-refractivity contribution in [2.45, 2.75) is 50.5 Å². The molecule has 8 nitrogen and oxygen atoms in total. The van der Waals surface area contributed by atoms with Gasteiger partial charge in [-0.3, -0.25) is 4.79 Å². The predicted molar refractivity (Wildman–Crippen MR) is 122 cm³/mol. The maximum atomic E-state index is 13.2. The molecule has 0 spiro atoms. The molecule has 9 heteroatoms. The van der Waals surface area contributed by atoms with Gasteiger partial charge < -0.3 is 9.64 Å². The van der Waals surface area contributed by atoms with Crippen molar-refractivity contribution in [2.75, 3.05) is 18.6 Å². The molecule has 0 N–H and O–H groups in total. The molecule has 1 saturated carbocycles. The molecule has 32 heavy (non-hydrogen) atoms. The second-order valence-electron chi connectivity index (χ2n) is 8.23. The highest BCUT2D eigenvalue weighted by Gasteiger charge is 2.30. The summed E-state index contributed by atoms with van der Waals surface area (Å²) < 4.78 is 32.8. The van der Waals surface area contributed by atoms with Crippen LogP contribution in [-0.2, 0) is 19.6 Å². The van der Waals surface area contributed by atoms with Crippen molar-refractivity contribution in [3.63, 3.8) is 0 Å². The van der Waals surface area contributed by atoms with Crippen LogP contribution >= 0.6 is 0 Å². The van der Waals surface area contributed by atoms with Gasteiger partial charge in [0.25, 0.3) is 10.0 Å². The lowest BCUT2D eigenvalue weighted by Gasteiger charge is -2.34. The van der Waals surface area contributed by atoms with Gasteiger partial charge in [0.2, 0.25) is 0 Å². The Balaban J connectivity index is 1.60. The van der Waals surface area contributed by atoms with Crippen molar-refractivity contribution < 1.29 is 17.9 Å². The van der Waals surface area contributed by atoms with E-state index in [4.69, 9.17) is 4.74 Å². The molecule has 0 unspecified atom stereocenters. The van der Waals surface area contributed by atoms with Gasteiger partial charge in [0.1, 0.15) is 12.1 Å². The van der Waals surface area contributed by atoms with Gasteiger partial charge in [-0.15, -0.1) is 0 Å². The minimum absolute atomic E-state index is 0.0502. The van der Waals surface area contributed by atoms with E-state index in [0.717, 1.165) is 31.2 Å². The van der Waals surface area contributed by atoms with Gasteiger partial charge in [0.15, 0.2) is 5.65 Å². The smallest absolute Gasteiger partial charge is 0.308 e. The summed E-state index contributed by atoms with van der Waals surface area (Å²) >= 11 is 0. The average Bonchev–Trinajstić information content (AvgIpc) is 3.24. The summed E-state index contributed by atoms with van der Waals surface area (Å²) in [7, 11) is -1.81. The van der Waals surface area contributed by atoms with Gasteiger partial charge in [-0.2, -0.15) is 0 Å². The average molecular weight is 457 g/mol. The zero-order valence-corrected chi connectivity index (χ0v) is 19.4. The molecule has 3 aromatic rings. The van der Waals surface area contributed by atoms with Crippen molar-refractivity contribution in [1.29, 1.82) is 0 Å². The van der Waals surface area contributed by atoms with E-state index in [0.29, 0.717) is 23.5 Å². The molecule has 2 aromatic heterocycles. The van der Waals surface area contributed by atoms with Crippen LogP contribution in [0.5, 0.6) is 0 Å². The minimum Gasteiger partial charge on any atom is -0.466 e. The van der Waals surface area contributed by atoms with Gasteiger partial charge in [-0.25, -0.2) is 22.4 Å². The highest BCUT2D eigenvalue weighted by molar-refractivity contribution is 7.90. The standard InChI is InChI=1S/C23H28N4O4S/c1-4-31-23(28)17-7-9-18(10-8-17)26(3)21-20-13-14-27(22(20)25-15-24-21)32(29,30)19-11-5-16(2)6-12-19/h5-6,11-15,17-18H,4,7-10H2,1-3H3. The lowest BCUT2D eigenvalue weighted by atomic mass is 9.85. The maximum absolute atomic E-state index is 13.2. The molecule has 0 aliphatic heterocycles. The fraction of sp³-hybridized carbons (Fsp3) is 0.435. The van der Waals surface area contributed by atoms with Gasteiger partial charge >= 0.3 is 5.97 Å². The Morgan fingerprint density at radius 2 is 1.81 bits per heavy atom. The Labute approximate surface area is 188 Å². The Bertz CT molecular complexity index is 1210. The van der Waals surface area contributed by atoms with Crippen molar-refractivity contribution in [3.8, 4) is 0 Å². The highest BCUT2D eigenvalue weighted by Crippen LogP contribution is 2.33. The first-order valence-electron chi connectivity index (χ1n) is 10.9. The Morgan fingerprint density at radius 3 is 2.47 bits per heavy atom. The number of rotatable bonds is 6. The van der Waals surface area contributed by atoms with Gasteiger partial charge in [0.05, 0.1) is 22.8 Å². The number of carbonyl (C=O) groups excluding carboxylic acids is 1. The van der Waals surface area contributed by atoms with Crippen LogP contribution in [0, 0.1) is 12.8 Å². The van der Waals surface area contributed by atoms with E-state index in [1.165, 1.54) is 16.5 Å². The van der Waals surface area contributed by atoms with E-state index in [-0.39, 0.29) is 22.8 Å². The van der Waals surface area contributed by atoms with Crippen LogP contribution in [0.15, 0.2) is 47.8 Å². The number of aryl methyl sites for hydroxylation is 1. The number of carbonyl (C=O) groups is 1. The third kappa shape index (κ3) is 4.09. The summed E-state index contributed by atoms with van der Waals surface area (Å²) in [6, 6.07) is 8.71. The highest BCUT2D eigenvalue weighted by atomic mass is 32.2. The van der Waals surface area contributed by atoms with E-state index in [2.05, 4.69) is 14.9 Å². The number of aromatic nitrogens is 3. The van der Waals surface area contributed by atoms with Crippen LogP contribution in [0.25, 0.3) is 11.0 Å². The van der Waals surface area contributed by atoms with E-state index in [9.17, 15) is 13.2 Å². The number of hydrogen-bond donors (Lipinski definition) is 0. The van der Waals surface area contributed by atoms with Crippen LogP contribution in [0.4, 0.5) is 5.82 Å². The fourth-order valence-electron chi connectivity index (χ4n) is 4.35. The van der Waals surface area contributed by atoms with Crippen molar-refractivity contribution in [3.05, 3.63) is 48.4 Å². The summed E-state index contributed by atoms with van der Waals surface area (Å²) in [6.07, 6.45) is 6.15. The molecule has 170 valence electrons. The molecule has 2 heterocycles. The molecule has 4 rings (SSSR count). The van der Waals surface area contributed by atoms with Gasteiger partial charge in [-0.1, -0.05) is 17.7 Å². The molecular formula is C23H28N4O4S. The first kappa shape index (κ1) is 22.3. The second kappa shape index (κ2) is 8.90. The Hall–Kier alpha value is -2.94. The summed E-state index contributed by atoms with van der Waals surface area (Å²) in [5.74, 6) is 0.523. The summed E-state index contributed by atoms with van der Waals surface area (Å²) in [5, 5.41) is 0.679. The Kier molecular flexibility index (Phi) is 6.19. The maximum Gasteiger partial charge on any atom is 0.308 e. The summed E-state index contributed by atoms with van der Waals surface area (Å²) in [5.41, 5.74) is 1.34. The van der Waals surface area contributed by atoms with E-state index in [1.54, 1.807) is 30.3 Å². The quantitative estimate of drug-likeness (QED) is 0.524. The van der Waals surface area contributed by atoms with Crippen molar-refractivity contribution in [1.82, 2.24) is 13.9 Å². The topological polar surface area (TPSA) is 94.4 Å². The van der Waals surface area contributed by atoms with E-state index in [1.807, 2.05) is 20.9 Å². The lowest BCUT2D eigenvalue weighted by molar-refractivity contribution is -0.149. The number of esters is 1. The zero-order valence-electron chi connectivity index (χ0n) is 18.6. The number of hydrogen-bond acceptors (Lipinski definition) is 7. The van der Waals surface area contributed by atoms with Crippen LogP contribution < -0.4 is 4.90 Å². The number of anilines is 1. The number of nitrogens with zero attached hydrogens (tertiary/aromatic N) is 4. The van der Waals surface area contributed by atoms with Crippen LogP contribution in [0.1, 0.15) is 38.2 Å². The number of benzene rings is 1. The molecule has 0 amide bonds. The molecule has 0 atom stereocenters. The molecular weight excluding hydrogens is 428 g/mol. The van der Waals surface area contributed by atoms with Crippen LogP contribution in [-0.4, -0.2) is 48.0 Å². The molecule has 1 fully saturated rings. The monoisotopic (exact) mass is 456 g/mol. The molecule has 1 aliphatic carbocycles. The minimum atomic E-state index is -3.77. The lowest BCUT2D eigenvalue weighted by Crippen LogP contribution is -2.37. The largest absolute Gasteiger partial charge is 0.466 e.